The number of aromatic nitrogens is 1. The molecule has 0 radical (unpaired) electrons. The number of carbonyl (C=O) groups is 1. The van der Waals surface area contributed by atoms with Crippen molar-refractivity contribution in [1.29, 1.82) is 0 Å². The van der Waals surface area contributed by atoms with Crippen molar-refractivity contribution in [3.05, 3.63) is 59.8 Å². The first-order chi connectivity index (χ1) is 12.0. The molecule has 5 nitrogen and oxygen atoms in total. The molecule has 0 aliphatic rings. The fourth-order valence-corrected chi connectivity index (χ4v) is 2.82. The van der Waals surface area contributed by atoms with Gasteiger partial charge in [-0.05, 0) is 42.8 Å². The van der Waals surface area contributed by atoms with Crippen LogP contribution in [0.2, 0.25) is 0 Å². The molecule has 25 heavy (non-hydrogen) atoms. The Morgan fingerprint density at radius 3 is 2.28 bits per heavy atom. The lowest BCUT2D eigenvalue weighted by Crippen LogP contribution is -2.29. The van der Waals surface area contributed by atoms with Gasteiger partial charge >= 0.3 is 0 Å². The SMILES string of the molecule is COc1ccc([C@@H](C)N(C)C(=O)c2cc3ccc(OC)cc3[nH]2)cc1. The number of hydrogen-bond donors (Lipinski definition) is 1. The number of ether oxygens (including phenoxy) is 2. The molecule has 0 saturated heterocycles. The number of hydrogen-bond acceptors (Lipinski definition) is 3. The van der Waals surface area contributed by atoms with Crippen LogP contribution in [0.15, 0.2) is 48.5 Å². The van der Waals surface area contributed by atoms with Crippen LogP contribution >= 0.6 is 0 Å². The van der Waals surface area contributed by atoms with Gasteiger partial charge in [-0.1, -0.05) is 12.1 Å². The molecule has 0 aliphatic carbocycles. The van der Waals surface area contributed by atoms with Gasteiger partial charge in [-0.3, -0.25) is 4.79 Å². The number of aromatic amines is 1. The van der Waals surface area contributed by atoms with Gasteiger partial charge in [0.15, 0.2) is 0 Å². The molecule has 1 amide bonds. The van der Waals surface area contributed by atoms with Crippen LogP contribution in [0, 0.1) is 0 Å². The molecule has 0 fully saturated rings. The average molecular weight is 338 g/mol. The standard InChI is InChI=1S/C20H22N2O3/c1-13(14-5-8-16(24-3)9-6-14)22(2)20(23)19-11-15-7-10-17(25-4)12-18(15)21-19/h5-13,21H,1-4H3/t13-/m1/s1. The van der Waals surface area contributed by atoms with E-state index in [4.69, 9.17) is 9.47 Å². The van der Waals surface area contributed by atoms with Gasteiger partial charge in [0, 0.05) is 24.0 Å². The number of nitrogens with zero attached hydrogens (tertiary/aromatic N) is 1. The lowest BCUT2D eigenvalue weighted by molar-refractivity contribution is 0.0737. The number of H-pyrrole nitrogens is 1. The third-order valence-corrected chi connectivity index (χ3v) is 4.56. The zero-order valence-electron chi connectivity index (χ0n) is 14.9. The Hall–Kier alpha value is -2.95. The van der Waals surface area contributed by atoms with Gasteiger partial charge in [0.1, 0.15) is 17.2 Å². The van der Waals surface area contributed by atoms with Crippen LogP contribution in [0.25, 0.3) is 10.9 Å². The van der Waals surface area contributed by atoms with Gasteiger partial charge in [0.05, 0.1) is 20.3 Å². The molecule has 130 valence electrons. The largest absolute Gasteiger partial charge is 0.497 e. The van der Waals surface area contributed by atoms with Crippen molar-refractivity contribution in [2.75, 3.05) is 21.3 Å². The van der Waals surface area contributed by atoms with Gasteiger partial charge in [-0.25, -0.2) is 0 Å². The van der Waals surface area contributed by atoms with E-state index in [0.29, 0.717) is 5.69 Å². The number of amides is 1. The predicted octanol–water partition coefficient (Wildman–Crippen LogP) is 4.02. The van der Waals surface area contributed by atoms with E-state index in [1.807, 2.05) is 62.5 Å². The minimum absolute atomic E-state index is 0.0562. The molecule has 0 unspecified atom stereocenters. The highest BCUT2D eigenvalue weighted by molar-refractivity contribution is 5.98. The quantitative estimate of drug-likeness (QED) is 0.764. The smallest absolute Gasteiger partial charge is 0.270 e. The second-order valence-electron chi connectivity index (χ2n) is 6.00. The van der Waals surface area contributed by atoms with E-state index in [0.717, 1.165) is 28.0 Å². The Morgan fingerprint density at radius 1 is 1.00 bits per heavy atom. The second kappa shape index (κ2) is 6.89. The third kappa shape index (κ3) is 3.31. The number of methoxy groups -OCH3 is 2. The molecule has 0 bridgehead atoms. The number of benzene rings is 2. The van der Waals surface area contributed by atoms with Gasteiger partial charge in [0.25, 0.3) is 5.91 Å². The minimum Gasteiger partial charge on any atom is -0.497 e. The summed E-state index contributed by atoms with van der Waals surface area (Å²) in [6.45, 7) is 2.01. The summed E-state index contributed by atoms with van der Waals surface area (Å²) in [5.41, 5.74) is 2.49. The number of rotatable bonds is 5. The Labute approximate surface area is 147 Å². The van der Waals surface area contributed by atoms with E-state index in [1.165, 1.54) is 0 Å². The van der Waals surface area contributed by atoms with Gasteiger partial charge in [-0.15, -0.1) is 0 Å². The zero-order valence-corrected chi connectivity index (χ0v) is 14.9. The molecule has 1 aromatic heterocycles. The van der Waals surface area contributed by atoms with Crippen molar-refractivity contribution in [3.63, 3.8) is 0 Å². The number of fused-ring (bicyclic) bond motifs is 1. The maximum Gasteiger partial charge on any atom is 0.270 e. The van der Waals surface area contributed by atoms with Gasteiger partial charge in [-0.2, -0.15) is 0 Å². The van der Waals surface area contributed by atoms with Crippen LogP contribution in [0.4, 0.5) is 0 Å². The molecule has 1 N–H and O–H groups in total. The Bertz CT molecular complexity index is 884. The van der Waals surface area contributed by atoms with Crippen molar-refractivity contribution in [2.24, 2.45) is 0 Å². The highest BCUT2D eigenvalue weighted by atomic mass is 16.5. The summed E-state index contributed by atoms with van der Waals surface area (Å²) in [4.78, 5) is 17.8. The first kappa shape index (κ1) is 16.9. The maximum absolute atomic E-state index is 12.8. The van der Waals surface area contributed by atoms with E-state index in [2.05, 4.69) is 4.98 Å². The van der Waals surface area contributed by atoms with Crippen LogP contribution in [-0.4, -0.2) is 37.1 Å². The van der Waals surface area contributed by atoms with Gasteiger partial charge < -0.3 is 19.4 Å². The summed E-state index contributed by atoms with van der Waals surface area (Å²) in [6.07, 6.45) is 0. The summed E-state index contributed by atoms with van der Waals surface area (Å²) < 4.78 is 10.4. The average Bonchev–Trinajstić information content (AvgIpc) is 3.09. The lowest BCUT2D eigenvalue weighted by Gasteiger charge is -2.25. The first-order valence-corrected chi connectivity index (χ1v) is 8.11. The van der Waals surface area contributed by atoms with Crippen molar-refractivity contribution in [1.82, 2.24) is 9.88 Å². The van der Waals surface area contributed by atoms with Crippen molar-refractivity contribution in [3.8, 4) is 11.5 Å². The van der Waals surface area contributed by atoms with Crippen LogP contribution in [0.3, 0.4) is 0 Å². The van der Waals surface area contributed by atoms with Crippen molar-refractivity contribution in [2.45, 2.75) is 13.0 Å². The van der Waals surface area contributed by atoms with E-state index < -0.39 is 0 Å². The van der Waals surface area contributed by atoms with E-state index in [-0.39, 0.29) is 11.9 Å². The first-order valence-electron chi connectivity index (χ1n) is 8.11. The summed E-state index contributed by atoms with van der Waals surface area (Å²) in [5.74, 6) is 1.50. The zero-order chi connectivity index (χ0) is 18.0. The Kier molecular flexibility index (Phi) is 4.65. The van der Waals surface area contributed by atoms with Crippen molar-refractivity contribution >= 4 is 16.8 Å². The maximum atomic E-state index is 12.8. The predicted molar refractivity (Wildman–Crippen MR) is 98.4 cm³/mol. The highest BCUT2D eigenvalue weighted by Gasteiger charge is 2.20. The molecule has 3 aromatic rings. The summed E-state index contributed by atoms with van der Waals surface area (Å²) in [7, 11) is 5.07. The number of nitrogens with one attached hydrogen (secondary N) is 1. The normalized spacial score (nSPS) is 12.0. The third-order valence-electron chi connectivity index (χ3n) is 4.56. The molecule has 3 rings (SSSR count). The molecule has 2 aromatic carbocycles. The molecular weight excluding hydrogens is 316 g/mol. The summed E-state index contributed by atoms with van der Waals surface area (Å²) in [6, 6.07) is 15.3. The molecule has 5 heteroatoms. The summed E-state index contributed by atoms with van der Waals surface area (Å²) in [5, 5.41) is 0.981. The minimum atomic E-state index is -0.0570. The van der Waals surface area contributed by atoms with E-state index in [1.54, 1.807) is 19.1 Å². The topological polar surface area (TPSA) is 54.6 Å². The molecular formula is C20H22N2O3. The Balaban J connectivity index is 1.83. The van der Waals surface area contributed by atoms with Crippen molar-refractivity contribution < 1.29 is 14.3 Å². The highest BCUT2D eigenvalue weighted by Crippen LogP contribution is 2.25. The van der Waals surface area contributed by atoms with Crippen LogP contribution in [0.1, 0.15) is 29.0 Å². The lowest BCUT2D eigenvalue weighted by atomic mass is 10.1. The van der Waals surface area contributed by atoms with Gasteiger partial charge in [0.2, 0.25) is 0 Å². The van der Waals surface area contributed by atoms with Crippen LogP contribution in [-0.2, 0) is 0 Å². The molecule has 1 heterocycles. The Morgan fingerprint density at radius 2 is 1.64 bits per heavy atom. The molecule has 0 aliphatic heterocycles. The monoisotopic (exact) mass is 338 g/mol. The second-order valence-corrected chi connectivity index (χ2v) is 6.00. The van der Waals surface area contributed by atoms with Crippen LogP contribution in [0.5, 0.6) is 11.5 Å². The molecule has 0 spiro atoms. The van der Waals surface area contributed by atoms with E-state index in [9.17, 15) is 4.79 Å². The van der Waals surface area contributed by atoms with Crippen LogP contribution < -0.4 is 9.47 Å². The fraction of sp³-hybridized carbons (Fsp3) is 0.250. The molecule has 1 atom stereocenters. The number of carbonyl (C=O) groups excluding carboxylic acids is 1. The summed E-state index contributed by atoms with van der Waals surface area (Å²) >= 11 is 0. The van der Waals surface area contributed by atoms with E-state index >= 15 is 0 Å². The fourth-order valence-electron chi connectivity index (χ4n) is 2.82. The molecule has 0 saturated carbocycles.